The number of anilines is 1. The van der Waals surface area contributed by atoms with E-state index in [0.29, 0.717) is 11.8 Å². The van der Waals surface area contributed by atoms with E-state index in [1.54, 1.807) is 0 Å². The molecule has 2 aromatic carbocycles. The maximum atomic E-state index is 13.4. The summed E-state index contributed by atoms with van der Waals surface area (Å²) in [6.45, 7) is 8.67. The number of hydrogen-bond acceptors (Lipinski definition) is 6. The van der Waals surface area contributed by atoms with Crippen LogP contribution in [0.3, 0.4) is 0 Å². The van der Waals surface area contributed by atoms with Crippen LogP contribution >= 0.6 is 11.8 Å². The van der Waals surface area contributed by atoms with Gasteiger partial charge in [-0.15, -0.1) is 10.2 Å². The molecular formula is C23H27N5O2S. The molecule has 2 N–H and O–H groups in total. The number of nitrogens with one attached hydrogen (secondary N) is 2. The molecule has 4 rings (SSSR count). The molecule has 0 radical (unpaired) electrons. The molecule has 0 spiro atoms. The normalized spacial score (nSPS) is 17.5. The third-order valence-corrected chi connectivity index (χ3v) is 6.71. The molecule has 31 heavy (non-hydrogen) atoms. The molecule has 0 saturated carbocycles. The van der Waals surface area contributed by atoms with Gasteiger partial charge >= 0.3 is 0 Å². The first kappa shape index (κ1) is 21.2. The predicted molar refractivity (Wildman–Crippen MR) is 123 cm³/mol. The largest absolute Gasteiger partial charge is 0.494 e. The monoisotopic (exact) mass is 437 g/mol. The fourth-order valence-electron chi connectivity index (χ4n) is 3.61. The lowest BCUT2D eigenvalue weighted by Crippen LogP contribution is -2.41. The number of amides is 1. The zero-order valence-electron chi connectivity index (χ0n) is 18.2. The zero-order chi connectivity index (χ0) is 22.0. The van der Waals surface area contributed by atoms with Crippen LogP contribution in [0.1, 0.15) is 42.4 Å². The number of nitrogens with zero attached hydrogens (tertiary/aromatic N) is 3. The Labute approximate surface area is 186 Å². The quantitative estimate of drug-likeness (QED) is 0.600. The van der Waals surface area contributed by atoms with Gasteiger partial charge < -0.3 is 15.5 Å². The maximum absolute atomic E-state index is 13.4. The molecule has 2 heterocycles. The number of carbonyl (C=O) groups is 1. The second-order valence-corrected chi connectivity index (χ2v) is 8.58. The summed E-state index contributed by atoms with van der Waals surface area (Å²) in [6.07, 6.45) is 0.746. The van der Waals surface area contributed by atoms with Gasteiger partial charge in [0.05, 0.1) is 12.6 Å². The summed E-state index contributed by atoms with van der Waals surface area (Å²) in [5.74, 6) is 1.58. The smallest absolute Gasteiger partial charge is 0.240 e. The van der Waals surface area contributed by atoms with Crippen LogP contribution in [0.2, 0.25) is 0 Å². The highest BCUT2D eigenvalue weighted by molar-refractivity contribution is 8.00. The van der Waals surface area contributed by atoms with Crippen LogP contribution in [0.5, 0.6) is 5.75 Å². The van der Waals surface area contributed by atoms with Gasteiger partial charge in [0.25, 0.3) is 0 Å². The number of aromatic nitrogens is 3. The zero-order valence-corrected chi connectivity index (χ0v) is 19.0. The van der Waals surface area contributed by atoms with Crippen molar-refractivity contribution in [2.45, 2.75) is 50.6 Å². The van der Waals surface area contributed by atoms with Crippen molar-refractivity contribution in [3.05, 3.63) is 65.0 Å². The number of ether oxygens (including phenoxy) is 1. The van der Waals surface area contributed by atoms with Gasteiger partial charge in [0.1, 0.15) is 11.0 Å². The Morgan fingerprint density at radius 2 is 1.94 bits per heavy atom. The van der Waals surface area contributed by atoms with E-state index in [1.807, 2.05) is 74.8 Å². The minimum absolute atomic E-state index is 0.0719. The SMILES string of the molecule is CCOc1ccc([C@@H]2Nn3c(CC)nnc3S[C@@H]2C(=O)Nc2cccc(C)c2C)cc1. The lowest BCUT2D eigenvalue weighted by Gasteiger charge is -2.33. The molecule has 162 valence electrons. The highest BCUT2D eigenvalue weighted by Crippen LogP contribution is 2.38. The van der Waals surface area contributed by atoms with Crippen molar-refractivity contribution in [2.75, 3.05) is 17.3 Å². The lowest BCUT2D eigenvalue weighted by molar-refractivity contribution is -0.116. The van der Waals surface area contributed by atoms with Crippen LogP contribution in [-0.2, 0) is 11.2 Å². The number of carbonyl (C=O) groups excluding carboxylic acids is 1. The minimum Gasteiger partial charge on any atom is -0.494 e. The van der Waals surface area contributed by atoms with Crippen LogP contribution in [0.4, 0.5) is 5.69 Å². The molecular weight excluding hydrogens is 410 g/mol. The summed E-state index contributed by atoms with van der Waals surface area (Å²) in [7, 11) is 0. The topological polar surface area (TPSA) is 81.1 Å². The van der Waals surface area contributed by atoms with Crippen molar-refractivity contribution in [3.63, 3.8) is 0 Å². The van der Waals surface area contributed by atoms with Crippen molar-refractivity contribution in [1.82, 2.24) is 14.9 Å². The third kappa shape index (κ3) is 4.25. The van der Waals surface area contributed by atoms with Crippen molar-refractivity contribution in [2.24, 2.45) is 0 Å². The first-order valence-electron chi connectivity index (χ1n) is 10.5. The van der Waals surface area contributed by atoms with E-state index in [2.05, 4.69) is 20.9 Å². The molecule has 0 saturated heterocycles. The average molecular weight is 438 g/mol. The number of aryl methyl sites for hydroxylation is 2. The van der Waals surface area contributed by atoms with Crippen LogP contribution in [-0.4, -0.2) is 32.6 Å². The maximum Gasteiger partial charge on any atom is 0.240 e. The van der Waals surface area contributed by atoms with E-state index in [1.165, 1.54) is 11.8 Å². The molecule has 1 aromatic heterocycles. The highest BCUT2D eigenvalue weighted by Gasteiger charge is 2.37. The molecule has 3 aromatic rings. The lowest BCUT2D eigenvalue weighted by atomic mass is 10.0. The Morgan fingerprint density at radius 3 is 2.65 bits per heavy atom. The van der Waals surface area contributed by atoms with Crippen LogP contribution in [0.15, 0.2) is 47.6 Å². The average Bonchev–Trinajstić information content (AvgIpc) is 3.19. The van der Waals surface area contributed by atoms with E-state index < -0.39 is 5.25 Å². The molecule has 7 nitrogen and oxygen atoms in total. The minimum atomic E-state index is -0.417. The molecule has 0 fully saturated rings. The van der Waals surface area contributed by atoms with E-state index in [-0.39, 0.29) is 11.9 Å². The number of hydrogen-bond donors (Lipinski definition) is 2. The first-order valence-corrected chi connectivity index (χ1v) is 11.4. The van der Waals surface area contributed by atoms with Crippen molar-refractivity contribution >= 4 is 23.4 Å². The predicted octanol–water partition coefficient (Wildman–Crippen LogP) is 4.25. The van der Waals surface area contributed by atoms with Crippen molar-refractivity contribution in [3.8, 4) is 5.75 Å². The summed E-state index contributed by atoms with van der Waals surface area (Å²) in [5, 5.41) is 11.9. The van der Waals surface area contributed by atoms with E-state index in [9.17, 15) is 4.79 Å². The summed E-state index contributed by atoms with van der Waals surface area (Å²) in [5.41, 5.74) is 7.52. The molecule has 1 aliphatic rings. The Bertz CT molecular complexity index is 1080. The fourth-order valence-corrected chi connectivity index (χ4v) is 4.70. The molecule has 0 unspecified atom stereocenters. The van der Waals surface area contributed by atoms with Crippen molar-refractivity contribution in [1.29, 1.82) is 0 Å². The summed E-state index contributed by atoms with van der Waals surface area (Å²) in [6, 6.07) is 13.6. The Hall–Kier alpha value is -3.00. The Kier molecular flexibility index (Phi) is 6.18. The molecule has 1 aliphatic heterocycles. The third-order valence-electron chi connectivity index (χ3n) is 5.49. The van der Waals surface area contributed by atoms with Crippen LogP contribution in [0, 0.1) is 13.8 Å². The van der Waals surface area contributed by atoms with Crippen molar-refractivity contribution < 1.29 is 9.53 Å². The second kappa shape index (κ2) is 9.01. The van der Waals surface area contributed by atoms with Gasteiger partial charge in [-0.25, -0.2) is 4.68 Å². The summed E-state index contributed by atoms with van der Waals surface area (Å²) in [4.78, 5) is 13.4. The molecule has 2 atom stereocenters. The standard InChI is InChI=1S/C23H27N5O2S/c1-5-19-25-26-23-28(19)27-20(16-10-12-17(13-11-16)30-6-2)21(31-23)22(29)24-18-9-7-8-14(3)15(18)4/h7-13,20-21,27H,5-6H2,1-4H3,(H,24,29)/t20-,21-/m0/s1. The van der Waals surface area contributed by atoms with Gasteiger partial charge in [-0.2, -0.15) is 0 Å². The van der Waals surface area contributed by atoms with Crippen LogP contribution in [0.25, 0.3) is 0 Å². The Morgan fingerprint density at radius 1 is 1.16 bits per heavy atom. The summed E-state index contributed by atoms with van der Waals surface area (Å²) >= 11 is 1.43. The molecule has 1 amide bonds. The molecule has 0 aliphatic carbocycles. The number of fused-ring (bicyclic) bond motifs is 1. The fraction of sp³-hybridized carbons (Fsp3) is 0.348. The summed E-state index contributed by atoms with van der Waals surface area (Å²) < 4.78 is 7.47. The second-order valence-electron chi connectivity index (χ2n) is 7.47. The first-order chi connectivity index (χ1) is 15.0. The Balaban J connectivity index is 1.66. The molecule has 8 heteroatoms. The van der Waals surface area contributed by atoms with Gasteiger partial charge in [-0.1, -0.05) is 43.0 Å². The van der Waals surface area contributed by atoms with Crippen LogP contribution < -0.4 is 15.5 Å². The molecule has 0 bridgehead atoms. The van der Waals surface area contributed by atoms with Gasteiger partial charge in [0.15, 0.2) is 5.82 Å². The van der Waals surface area contributed by atoms with Gasteiger partial charge in [0, 0.05) is 12.1 Å². The van der Waals surface area contributed by atoms with Gasteiger partial charge in [-0.05, 0) is 55.7 Å². The number of thioether (sulfide) groups is 1. The number of benzene rings is 2. The van der Waals surface area contributed by atoms with E-state index in [0.717, 1.165) is 40.4 Å². The van der Waals surface area contributed by atoms with E-state index in [4.69, 9.17) is 4.74 Å². The number of rotatable bonds is 6. The highest BCUT2D eigenvalue weighted by atomic mass is 32.2. The van der Waals surface area contributed by atoms with Gasteiger partial charge in [0.2, 0.25) is 11.1 Å². The van der Waals surface area contributed by atoms with Gasteiger partial charge in [-0.3, -0.25) is 4.79 Å². The van der Waals surface area contributed by atoms with E-state index >= 15 is 0 Å².